The molecule has 7 nitrogen and oxygen atoms in total. The summed E-state index contributed by atoms with van der Waals surface area (Å²) in [4.78, 5) is 15.3. The summed E-state index contributed by atoms with van der Waals surface area (Å²) in [7, 11) is 0. The lowest BCUT2D eigenvalue weighted by molar-refractivity contribution is 0.210. The van der Waals surface area contributed by atoms with Crippen molar-refractivity contribution in [3.63, 3.8) is 0 Å². The molecule has 1 aromatic heterocycles. The molecule has 1 heterocycles. The van der Waals surface area contributed by atoms with Gasteiger partial charge in [-0.3, -0.25) is 5.10 Å². The lowest BCUT2D eigenvalue weighted by Crippen LogP contribution is -2.16. The average molecular weight is 346 g/mol. The summed E-state index contributed by atoms with van der Waals surface area (Å²) in [5.41, 5.74) is 7.06. The van der Waals surface area contributed by atoms with Crippen molar-refractivity contribution in [2.24, 2.45) is 5.73 Å². The minimum absolute atomic E-state index is 0.105. The molecule has 0 saturated carbocycles. The van der Waals surface area contributed by atoms with Crippen molar-refractivity contribution in [1.29, 1.82) is 5.26 Å². The van der Waals surface area contributed by atoms with Gasteiger partial charge in [-0.15, -0.1) is 0 Å². The number of carbonyl (C=O) groups is 1. The largest absolute Gasteiger partial charge is 0.410 e. The normalized spacial score (nSPS) is 10.3. The lowest BCUT2D eigenvalue weighted by atomic mass is 10.1. The number of nitrogens with one attached hydrogen (secondary N) is 1. The van der Waals surface area contributed by atoms with Crippen LogP contribution in [0.2, 0.25) is 0 Å². The van der Waals surface area contributed by atoms with E-state index in [4.69, 9.17) is 10.5 Å². The fourth-order valence-electron chi connectivity index (χ4n) is 2.47. The van der Waals surface area contributed by atoms with Gasteiger partial charge in [-0.2, -0.15) is 10.4 Å². The standard InChI is InChI=1S/C19H16N5O2/c20-12-15-11-14(9-10-16(15)26-19(21)25)18-22-17(23-24-18)8-4-7-13-5-2-1-3-6-13/h1-3,5-6,8-11H,4,7H2,(H2,21,25)(H,22,23,24). The van der Waals surface area contributed by atoms with E-state index in [1.165, 1.54) is 11.6 Å². The molecule has 0 aliphatic heterocycles. The van der Waals surface area contributed by atoms with Crippen molar-refractivity contribution in [1.82, 2.24) is 15.2 Å². The van der Waals surface area contributed by atoms with Crippen LogP contribution in [0.4, 0.5) is 4.79 Å². The molecule has 0 atom stereocenters. The molecule has 129 valence electrons. The van der Waals surface area contributed by atoms with Gasteiger partial charge in [-0.05, 0) is 36.6 Å². The molecule has 0 fully saturated rings. The van der Waals surface area contributed by atoms with Crippen LogP contribution in [0.3, 0.4) is 0 Å². The van der Waals surface area contributed by atoms with Gasteiger partial charge >= 0.3 is 6.09 Å². The van der Waals surface area contributed by atoms with Gasteiger partial charge in [0.05, 0.1) is 5.56 Å². The number of H-pyrrole nitrogens is 1. The Morgan fingerprint density at radius 3 is 2.81 bits per heavy atom. The first kappa shape index (κ1) is 17.2. The summed E-state index contributed by atoms with van der Waals surface area (Å²) in [6.45, 7) is 0. The van der Waals surface area contributed by atoms with Gasteiger partial charge in [0.15, 0.2) is 11.6 Å². The highest BCUT2D eigenvalue weighted by Crippen LogP contribution is 2.24. The van der Waals surface area contributed by atoms with Crippen molar-refractivity contribution in [3.05, 3.63) is 71.9 Å². The number of ether oxygens (including phenoxy) is 1. The Kier molecular flexibility index (Phi) is 5.25. The van der Waals surface area contributed by atoms with Crippen molar-refractivity contribution >= 4 is 6.09 Å². The highest BCUT2D eigenvalue weighted by Gasteiger charge is 2.12. The number of nitriles is 1. The van der Waals surface area contributed by atoms with Crippen molar-refractivity contribution in [2.45, 2.75) is 12.8 Å². The third-order valence-corrected chi connectivity index (χ3v) is 3.68. The maximum atomic E-state index is 10.9. The number of aromatic nitrogens is 3. The van der Waals surface area contributed by atoms with Crippen LogP contribution in [-0.2, 0) is 6.42 Å². The van der Waals surface area contributed by atoms with Gasteiger partial charge in [-0.25, -0.2) is 9.78 Å². The maximum Gasteiger partial charge on any atom is 0.410 e. The zero-order chi connectivity index (χ0) is 18.4. The summed E-state index contributed by atoms with van der Waals surface area (Å²) >= 11 is 0. The molecular formula is C19H16N5O2. The maximum absolute atomic E-state index is 10.9. The summed E-state index contributed by atoms with van der Waals surface area (Å²) in [5.74, 6) is 1.22. The molecule has 0 saturated heterocycles. The SMILES string of the molecule is N#Cc1cc(-c2n[nH]c([CH]CCc3ccccc3)n2)ccc1OC(N)=O. The van der Waals surface area contributed by atoms with E-state index in [-0.39, 0.29) is 11.3 Å². The topological polar surface area (TPSA) is 118 Å². The number of nitrogens with zero attached hydrogens (tertiary/aromatic N) is 3. The van der Waals surface area contributed by atoms with Crippen LogP contribution < -0.4 is 10.5 Å². The number of benzene rings is 2. The van der Waals surface area contributed by atoms with Gasteiger partial charge in [0.2, 0.25) is 0 Å². The molecule has 3 rings (SSSR count). The molecule has 0 aliphatic rings. The first-order valence-corrected chi connectivity index (χ1v) is 7.97. The van der Waals surface area contributed by atoms with Crippen LogP contribution in [0.1, 0.15) is 23.4 Å². The van der Waals surface area contributed by atoms with Crippen LogP contribution >= 0.6 is 0 Å². The van der Waals surface area contributed by atoms with Gasteiger partial charge in [0.25, 0.3) is 0 Å². The minimum atomic E-state index is -0.970. The molecule has 0 bridgehead atoms. The summed E-state index contributed by atoms with van der Waals surface area (Å²) < 4.78 is 4.79. The number of amides is 1. The summed E-state index contributed by atoms with van der Waals surface area (Å²) in [5, 5.41) is 16.2. The van der Waals surface area contributed by atoms with Crippen LogP contribution in [0.15, 0.2) is 48.5 Å². The van der Waals surface area contributed by atoms with Crippen molar-refractivity contribution in [2.75, 3.05) is 0 Å². The lowest BCUT2D eigenvalue weighted by Gasteiger charge is -2.04. The Balaban J connectivity index is 1.67. The quantitative estimate of drug-likeness (QED) is 0.711. The predicted molar refractivity (Wildman–Crippen MR) is 94.9 cm³/mol. The first-order chi connectivity index (χ1) is 12.7. The van der Waals surface area contributed by atoms with Gasteiger partial charge in [-0.1, -0.05) is 30.3 Å². The van der Waals surface area contributed by atoms with E-state index >= 15 is 0 Å². The second kappa shape index (κ2) is 7.94. The van der Waals surface area contributed by atoms with E-state index in [1.807, 2.05) is 30.7 Å². The number of aromatic amines is 1. The van der Waals surface area contributed by atoms with Crippen LogP contribution in [0.5, 0.6) is 5.75 Å². The molecule has 0 unspecified atom stereocenters. The number of hydrogen-bond donors (Lipinski definition) is 2. The zero-order valence-electron chi connectivity index (χ0n) is 13.8. The van der Waals surface area contributed by atoms with E-state index in [0.717, 1.165) is 12.8 Å². The highest BCUT2D eigenvalue weighted by molar-refractivity contribution is 5.70. The molecule has 0 aliphatic carbocycles. The Bertz CT molecular complexity index is 944. The number of aryl methyl sites for hydroxylation is 1. The van der Waals surface area contributed by atoms with E-state index in [1.54, 1.807) is 12.1 Å². The zero-order valence-corrected chi connectivity index (χ0v) is 13.8. The summed E-state index contributed by atoms with van der Waals surface area (Å²) in [6.07, 6.45) is 2.74. The van der Waals surface area contributed by atoms with Crippen molar-refractivity contribution in [3.8, 4) is 23.2 Å². The fourth-order valence-corrected chi connectivity index (χ4v) is 2.47. The fraction of sp³-hybridized carbons (Fsp3) is 0.105. The number of rotatable bonds is 6. The first-order valence-electron chi connectivity index (χ1n) is 7.97. The number of primary amides is 1. The van der Waals surface area contributed by atoms with Gasteiger partial charge in [0, 0.05) is 12.0 Å². The number of carbonyl (C=O) groups excluding carboxylic acids is 1. The highest BCUT2D eigenvalue weighted by atomic mass is 16.5. The summed E-state index contributed by atoms with van der Waals surface area (Å²) in [6, 6.07) is 16.9. The molecular weight excluding hydrogens is 330 g/mol. The predicted octanol–water partition coefficient (Wildman–Crippen LogP) is 2.99. The Morgan fingerprint density at radius 1 is 1.27 bits per heavy atom. The van der Waals surface area contributed by atoms with E-state index in [2.05, 4.69) is 27.3 Å². The molecule has 7 heteroatoms. The van der Waals surface area contributed by atoms with Gasteiger partial charge in [0.1, 0.15) is 11.9 Å². The third kappa shape index (κ3) is 4.24. The minimum Gasteiger partial charge on any atom is -0.409 e. The number of hydrogen-bond acceptors (Lipinski definition) is 5. The van der Waals surface area contributed by atoms with Crippen LogP contribution in [-0.4, -0.2) is 21.3 Å². The van der Waals surface area contributed by atoms with Crippen LogP contribution in [0.25, 0.3) is 11.4 Å². The van der Waals surface area contributed by atoms with Crippen molar-refractivity contribution < 1.29 is 9.53 Å². The monoisotopic (exact) mass is 346 g/mol. The number of nitrogens with two attached hydrogens (primary N) is 1. The molecule has 3 aromatic rings. The van der Waals surface area contributed by atoms with Gasteiger partial charge < -0.3 is 10.5 Å². The molecule has 1 radical (unpaired) electrons. The Labute approximate surface area is 150 Å². The van der Waals surface area contributed by atoms with Crippen LogP contribution in [0, 0.1) is 17.8 Å². The van der Waals surface area contributed by atoms with E-state index in [9.17, 15) is 10.1 Å². The smallest absolute Gasteiger partial charge is 0.409 e. The molecule has 26 heavy (non-hydrogen) atoms. The van der Waals surface area contributed by atoms with E-state index in [0.29, 0.717) is 17.2 Å². The second-order valence-electron chi connectivity index (χ2n) is 5.52. The molecule has 0 spiro atoms. The molecule has 3 N–H and O–H groups in total. The molecule has 1 amide bonds. The average Bonchev–Trinajstić information content (AvgIpc) is 3.11. The molecule has 2 aromatic carbocycles. The third-order valence-electron chi connectivity index (χ3n) is 3.68. The Morgan fingerprint density at radius 2 is 2.08 bits per heavy atom. The Hall–Kier alpha value is -3.66. The second-order valence-corrected chi connectivity index (χ2v) is 5.52. The van der Waals surface area contributed by atoms with E-state index < -0.39 is 6.09 Å².